The van der Waals surface area contributed by atoms with E-state index < -0.39 is 6.04 Å². The molecule has 0 fully saturated rings. The molecule has 0 aliphatic carbocycles. The molecular weight excluding hydrogens is 190 g/mol. The Morgan fingerprint density at radius 2 is 2.15 bits per heavy atom. The van der Waals surface area contributed by atoms with E-state index in [-0.39, 0.29) is 23.8 Å². The zero-order valence-electron chi connectivity index (χ0n) is 8.37. The second-order valence-corrected chi connectivity index (χ2v) is 3.53. The maximum atomic E-state index is 10.9. The van der Waals surface area contributed by atoms with E-state index in [1.54, 1.807) is 6.08 Å². The Morgan fingerprint density at radius 3 is 2.46 bits per heavy atom. The van der Waals surface area contributed by atoms with Gasteiger partial charge in [-0.2, -0.15) is 0 Å². The molecule has 2 N–H and O–H groups in total. The third-order valence-corrected chi connectivity index (χ3v) is 1.80. The molecule has 1 atom stereocenters. The average molecular weight is 208 g/mol. The molecule has 0 saturated carbocycles. The van der Waals surface area contributed by atoms with Crippen LogP contribution in [0, 0.1) is 5.41 Å². The third-order valence-electron chi connectivity index (χ3n) is 1.80. The summed E-state index contributed by atoms with van der Waals surface area (Å²) >= 11 is 0. The van der Waals surface area contributed by atoms with Crippen LogP contribution in [0.4, 0.5) is 0 Å². The van der Waals surface area contributed by atoms with Gasteiger partial charge >= 0.3 is 5.97 Å². The minimum atomic E-state index is -0.553. The standard InChI is InChI=1S/C9H17NO2.ClH/c1-5-9(2,3)6-7(10)8(11)12-4;/h5,7H,1,6,10H2,2-4H3;1H/t7-;/m0./s1. The first-order valence-electron chi connectivity index (χ1n) is 3.90. The highest BCUT2D eigenvalue weighted by Gasteiger charge is 2.22. The van der Waals surface area contributed by atoms with Crippen LogP contribution in [0.3, 0.4) is 0 Å². The summed E-state index contributed by atoms with van der Waals surface area (Å²) in [5, 5.41) is 0. The number of hydrogen-bond donors (Lipinski definition) is 1. The van der Waals surface area contributed by atoms with Crippen molar-refractivity contribution in [1.82, 2.24) is 0 Å². The molecule has 0 radical (unpaired) electrons. The van der Waals surface area contributed by atoms with Crippen molar-refractivity contribution in [2.24, 2.45) is 11.1 Å². The number of ether oxygens (including phenoxy) is 1. The lowest BCUT2D eigenvalue weighted by Crippen LogP contribution is -2.35. The van der Waals surface area contributed by atoms with Crippen molar-refractivity contribution in [3.63, 3.8) is 0 Å². The molecule has 0 amide bonds. The highest BCUT2D eigenvalue weighted by atomic mass is 35.5. The quantitative estimate of drug-likeness (QED) is 0.562. The van der Waals surface area contributed by atoms with Crippen LogP contribution in [0.2, 0.25) is 0 Å². The summed E-state index contributed by atoms with van der Waals surface area (Å²) in [5.74, 6) is -0.370. The second-order valence-electron chi connectivity index (χ2n) is 3.53. The number of nitrogens with two attached hydrogens (primary N) is 1. The van der Waals surface area contributed by atoms with Crippen molar-refractivity contribution in [2.75, 3.05) is 7.11 Å². The third kappa shape index (κ3) is 5.66. The lowest BCUT2D eigenvalue weighted by Gasteiger charge is -2.22. The first kappa shape index (κ1) is 15.0. The van der Waals surface area contributed by atoms with Gasteiger partial charge in [-0.25, -0.2) is 0 Å². The lowest BCUT2D eigenvalue weighted by atomic mass is 9.86. The van der Waals surface area contributed by atoms with Crippen LogP contribution >= 0.6 is 12.4 Å². The highest BCUT2D eigenvalue weighted by molar-refractivity contribution is 5.85. The molecule has 0 rings (SSSR count). The molecule has 0 aliphatic heterocycles. The summed E-state index contributed by atoms with van der Waals surface area (Å²) in [6, 6.07) is -0.553. The van der Waals surface area contributed by atoms with Gasteiger partial charge in [-0.3, -0.25) is 4.79 Å². The van der Waals surface area contributed by atoms with E-state index >= 15 is 0 Å². The maximum absolute atomic E-state index is 10.9. The monoisotopic (exact) mass is 207 g/mol. The van der Waals surface area contributed by atoms with Crippen molar-refractivity contribution in [3.8, 4) is 0 Å². The Morgan fingerprint density at radius 1 is 1.69 bits per heavy atom. The van der Waals surface area contributed by atoms with Crippen LogP contribution in [0.1, 0.15) is 20.3 Å². The fourth-order valence-corrected chi connectivity index (χ4v) is 0.885. The largest absolute Gasteiger partial charge is 0.468 e. The van der Waals surface area contributed by atoms with Crippen LogP contribution < -0.4 is 5.73 Å². The first-order valence-corrected chi connectivity index (χ1v) is 3.90. The molecule has 0 saturated heterocycles. The van der Waals surface area contributed by atoms with Crippen molar-refractivity contribution in [2.45, 2.75) is 26.3 Å². The van der Waals surface area contributed by atoms with Gasteiger partial charge in [0.25, 0.3) is 0 Å². The molecule has 0 unspecified atom stereocenters. The van der Waals surface area contributed by atoms with Crippen LogP contribution in [0.15, 0.2) is 12.7 Å². The Kier molecular flexibility index (Phi) is 6.90. The summed E-state index contributed by atoms with van der Waals surface area (Å²) in [6.07, 6.45) is 2.35. The van der Waals surface area contributed by atoms with Gasteiger partial charge in [0.1, 0.15) is 6.04 Å². The maximum Gasteiger partial charge on any atom is 0.322 e. The zero-order valence-corrected chi connectivity index (χ0v) is 9.19. The van der Waals surface area contributed by atoms with Crippen molar-refractivity contribution in [1.29, 1.82) is 0 Å². The normalized spacial score (nSPS) is 12.6. The predicted octanol–water partition coefficient (Wildman–Crippen LogP) is 1.51. The van der Waals surface area contributed by atoms with Gasteiger partial charge in [-0.05, 0) is 11.8 Å². The van der Waals surface area contributed by atoms with Crippen molar-refractivity contribution in [3.05, 3.63) is 12.7 Å². The lowest BCUT2D eigenvalue weighted by molar-refractivity contribution is -0.142. The fourth-order valence-electron chi connectivity index (χ4n) is 0.885. The van der Waals surface area contributed by atoms with Crippen LogP contribution in [0.25, 0.3) is 0 Å². The average Bonchev–Trinajstić information content (AvgIpc) is 2.02. The van der Waals surface area contributed by atoms with Gasteiger partial charge in [0.2, 0.25) is 0 Å². The SMILES string of the molecule is C=CC(C)(C)C[C@H](N)C(=O)OC.Cl. The smallest absolute Gasteiger partial charge is 0.322 e. The van der Waals surface area contributed by atoms with E-state index in [4.69, 9.17) is 5.73 Å². The molecular formula is C9H18ClNO2. The van der Waals surface area contributed by atoms with Crippen LogP contribution in [-0.4, -0.2) is 19.1 Å². The van der Waals surface area contributed by atoms with Gasteiger partial charge in [0.15, 0.2) is 0 Å². The molecule has 3 nitrogen and oxygen atoms in total. The van der Waals surface area contributed by atoms with Gasteiger partial charge in [-0.1, -0.05) is 19.9 Å². The number of rotatable bonds is 4. The number of carbonyl (C=O) groups excluding carboxylic acids is 1. The molecule has 78 valence electrons. The van der Waals surface area contributed by atoms with E-state index in [1.807, 2.05) is 13.8 Å². The van der Waals surface area contributed by atoms with Crippen LogP contribution in [-0.2, 0) is 9.53 Å². The summed E-state index contributed by atoms with van der Waals surface area (Å²) in [5.41, 5.74) is 5.45. The van der Waals surface area contributed by atoms with E-state index in [1.165, 1.54) is 7.11 Å². The minimum Gasteiger partial charge on any atom is -0.468 e. The molecule has 0 heterocycles. The summed E-state index contributed by atoms with van der Waals surface area (Å²) in [7, 11) is 1.34. The molecule has 0 aliphatic rings. The molecule has 0 aromatic rings. The topological polar surface area (TPSA) is 52.3 Å². The number of esters is 1. The zero-order chi connectivity index (χ0) is 9.78. The minimum absolute atomic E-state index is 0. The van der Waals surface area contributed by atoms with E-state index in [2.05, 4.69) is 11.3 Å². The number of halogens is 1. The van der Waals surface area contributed by atoms with Crippen molar-refractivity contribution < 1.29 is 9.53 Å². The van der Waals surface area contributed by atoms with Gasteiger partial charge < -0.3 is 10.5 Å². The predicted molar refractivity (Wildman–Crippen MR) is 55.8 cm³/mol. The number of carbonyl (C=O) groups is 1. The Labute approximate surface area is 85.7 Å². The second kappa shape index (κ2) is 6.00. The van der Waals surface area contributed by atoms with E-state index in [0.29, 0.717) is 6.42 Å². The Balaban J connectivity index is 0. The first-order chi connectivity index (χ1) is 5.43. The Hall–Kier alpha value is -0.540. The number of methoxy groups -OCH3 is 1. The van der Waals surface area contributed by atoms with Crippen molar-refractivity contribution >= 4 is 18.4 Å². The molecule has 0 aromatic heterocycles. The van der Waals surface area contributed by atoms with Crippen LogP contribution in [0.5, 0.6) is 0 Å². The highest BCUT2D eigenvalue weighted by Crippen LogP contribution is 2.22. The Bertz CT molecular complexity index is 180. The summed E-state index contributed by atoms with van der Waals surface area (Å²) in [4.78, 5) is 10.9. The molecule has 13 heavy (non-hydrogen) atoms. The summed E-state index contributed by atoms with van der Waals surface area (Å²) in [6.45, 7) is 7.61. The molecule has 4 heteroatoms. The van der Waals surface area contributed by atoms with E-state index in [0.717, 1.165) is 0 Å². The molecule has 0 spiro atoms. The fraction of sp³-hybridized carbons (Fsp3) is 0.667. The summed E-state index contributed by atoms with van der Waals surface area (Å²) < 4.78 is 4.50. The van der Waals surface area contributed by atoms with Gasteiger partial charge in [0.05, 0.1) is 7.11 Å². The van der Waals surface area contributed by atoms with Gasteiger partial charge in [0, 0.05) is 0 Å². The molecule has 0 bridgehead atoms. The van der Waals surface area contributed by atoms with Gasteiger partial charge in [-0.15, -0.1) is 19.0 Å². The van der Waals surface area contributed by atoms with E-state index in [9.17, 15) is 4.79 Å². The number of allylic oxidation sites excluding steroid dienone is 1. The molecule has 0 aromatic carbocycles. The number of hydrogen-bond acceptors (Lipinski definition) is 3.